The summed E-state index contributed by atoms with van der Waals surface area (Å²) in [5.74, 6) is 1.49. The van der Waals surface area contributed by atoms with Gasteiger partial charge < -0.3 is 9.30 Å². The van der Waals surface area contributed by atoms with Gasteiger partial charge in [-0.1, -0.05) is 41.1 Å². The first-order valence-electron chi connectivity index (χ1n) is 7.33. The van der Waals surface area contributed by atoms with Gasteiger partial charge in [0, 0.05) is 24.0 Å². The second kappa shape index (κ2) is 8.29. The number of nitrogens with zero attached hydrogens (tertiary/aromatic N) is 3. The predicted octanol–water partition coefficient (Wildman–Crippen LogP) is 3.94. The molecule has 0 saturated carbocycles. The van der Waals surface area contributed by atoms with Crippen LogP contribution in [-0.4, -0.2) is 27.5 Å². The molecular weight excluding hydrogens is 330 g/mol. The van der Waals surface area contributed by atoms with Crippen LogP contribution in [0, 0.1) is 0 Å². The Morgan fingerprint density at radius 3 is 2.62 bits per heavy atom. The molecule has 0 spiro atoms. The number of rotatable bonds is 3. The Bertz CT molecular complexity index is 523. The maximum Gasteiger partial charge on any atom is 0.135 e. The number of hydrogen-bond acceptors (Lipinski definition) is 3. The summed E-state index contributed by atoms with van der Waals surface area (Å²) in [5.41, 5.74) is 0. The Kier molecular flexibility index (Phi) is 6.39. The van der Waals surface area contributed by atoms with Gasteiger partial charge in [-0.15, -0.1) is 10.2 Å². The van der Waals surface area contributed by atoms with E-state index < -0.39 is 0 Å². The maximum absolute atomic E-state index is 5.60. The quantitative estimate of drug-likeness (QED) is 0.840. The molecule has 1 fully saturated rings. The molecule has 0 amide bonds. The molecule has 114 valence electrons. The summed E-state index contributed by atoms with van der Waals surface area (Å²) in [7, 11) is 1.99. The number of aryl methyl sites for hydroxylation is 1. The summed E-state index contributed by atoms with van der Waals surface area (Å²) in [5, 5.41) is 8.00. The predicted molar refractivity (Wildman–Crippen MR) is 87.2 cm³/mol. The fraction of sp³-hybridized carbons (Fsp3) is 0.500. The van der Waals surface area contributed by atoms with Crippen molar-refractivity contribution in [3.63, 3.8) is 0 Å². The van der Waals surface area contributed by atoms with Crippen LogP contribution >= 0.6 is 15.9 Å². The summed E-state index contributed by atoms with van der Waals surface area (Å²) in [4.78, 5) is 0. The SMILES string of the molecule is Brc1ccccc1.CC(CC1CCCO1)c1nncn1C. The molecule has 0 bridgehead atoms. The maximum atomic E-state index is 5.60. The lowest BCUT2D eigenvalue weighted by molar-refractivity contribution is 0.0983. The largest absolute Gasteiger partial charge is 0.378 e. The van der Waals surface area contributed by atoms with Crippen LogP contribution < -0.4 is 0 Å². The van der Waals surface area contributed by atoms with E-state index in [-0.39, 0.29) is 0 Å². The molecule has 0 N–H and O–H groups in total. The zero-order valence-electron chi connectivity index (χ0n) is 12.6. The van der Waals surface area contributed by atoms with Crippen molar-refractivity contribution in [1.82, 2.24) is 14.8 Å². The summed E-state index contributed by atoms with van der Waals surface area (Å²) in [6.45, 7) is 3.11. The van der Waals surface area contributed by atoms with Gasteiger partial charge in [-0.05, 0) is 31.4 Å². The van der Waals surface area contributed by atoms with E-state index in [1.165, 1.54) is 12.8 Å². The average molecular weight is 352 g/mol. The van der Waals surface area contributed by atoms with Gasteiger partial charge in [-0.3, -0.25) is 0 Å². The first-order chi connectivity index (χ1) is 10.2. The van der Waals surface area contributed by atoms with Crippen molar-refractivity contribution in [1.29, 1.82) is 0 Å². The van der Waals surface area contributed by atoms with Crippen molar-refractivity contribution in [2.75, 3.05) is 6.61 Å². The van der Waals surface area contributed by atoms with Crippen LogP contribution in [0.3, 0.4) is 0 Å². The fourth-order valence-electron chi connectivity index (χ4n) is 2.48. The highest BCUT2D eigenvalue weighted by molar-refractivity contribution is 9.10. The Morgan fingerprint density at radius 2 is 2.14 bits per heavy atom. The standard InChI is InChI=1S/C10H17N3O.C6H5Br/c1-8(6-9-4-3-5-14-9)10-12-11-7-13(10)2;7-6-4-2-1-3-5-6/h7-9H,3-6H2,1-2H3;1-5H. The van der Waals surface area contributed by atoms with E-state index in [2.05, 4.69) is 33.1 Å². The zero-order chi connectivity index (χ0) is 15.1. The minimum Gasteiger partial charge on any atom is -0.378 e. The van der Waals surface area contributed by atoms with Crippen LogP contribution in [0.1, 0.15) is 37.9 Å². The highest BCUT2D eigenvalue weighted by Crippen LogP contribution is 2.24. The Labute approximate surface area is 134 Å². The summed E-state index contributed by atoms with van der Waals surface area (Å²) >= 11 is 3.31. The zero-order valence-corrected chi connectivity index (χ0v) is 14.2. The first-order valence-corrected chi connectivity index (χ1v) is 8.12. The minimum absolute atomic E-state index is 0.432. The smallest absolute Gasteiger partial charge is 0.135 e. The minimum atomic E-state index is 0.432. The lowest BCUT2D eigenvalue weighted by Gasteiger charge is -2.14. The van der Waals surface area contributed by atoms with Crippen molar-refractivity contribution < 1.29 is 4.74 Å². The molecule has 2 heterocycles. The third-order valence-corrected chi connectivity index (χ3v) is 4.09. The summed E-state index contributed by atoms with van der Waals surface area (Å²) < 4.78 is 8.72. The topological polar surface area (TPSA) is 39.9 Å². The van der Waals surface area contributed by atoms with E-state index in [0.29, 0.717) is 12.0 Å². The monoisotopic (exact) mass is 351 g/mol. The molecule has 1 saturated heterocycles. The molecule has 1 aliphatic heterocycles. The van der Waals surface area contributed by atoms with Gasteiger partial charge in [0.05, 0.1) is 6.10 Å². The lowest BCUT2D eigenvalue weighted by Crippen LogP contribution is -2.12. The van der Waals surface area contributed by atoms with Gasteiger partial charge in [-0.25, -0.2) is 0 Å². The van der Waals surface area contributed by atoms with Crippen molar-refractivity contribution >= 4 is 15.9 Å². The number of benzene rings is 1. The van der Waals surface area contributed by atoms with Gasteiger partial charge >= 0.3 is 0 Å². The van der Waals surface area contributed by atoms with Crippen LogP contribution in [-0.2, 0) is 11.8 Å². The van der Waals surface area contributed by atoms with Gasteiger partial charge in [0.1, 0.15) is 12.2 Å². The Balaban J connectivity index is 0.000000194. The second-order valence-electron chi connectivity index (χ2n) is 5.37. The molecule has 5 heteroatoms. The van der Waals surface area contributed by atoms with Crippen molar-refractivity contribution in [3.8, 4) is 0 Å². The Hall–Kier alpha value is -1.20. The van der Waals surface area contributed by atoms with E-state index in [4.69, 9.17) is 4.74 Å². The van der Waals surface area contributed by atoms with Gasteiger partial charge in [-0.2, -0.15) is 0 Å². The molecule has 21 heavy (non-hydrogen) atoms. The molecule has 0 aliphatic carbocycles. The van der Waals surface area contributed by atoms with E-state index in [1.807, 2.05) is 41.9 Å². The third kappa shape index (κ3) is 5.25. The summed E-state index contributed by atoms with van der Waals surface area (Å²) in [6, 6.07) is 9.97. The molecule has 2 atom stereocenters. The second-order valence-corrected chi connectivity index (χ2v) is 6.28. The lowest BCUT2D eigenvalue weighted by atomic mass is 10.0. The van der Waals surface area contributed by atoms with E-state index in [0.717, 1.165) is 23.3 Å². The van der Waals surface area contributed by atoms with E-state index in [1.54, 1.807) is 6.33 Å². The molecule has 1 aromatic heterocycles. The highest BCUT2D eigenvalue weighted by atomic mass is 79.9. The molecular formula is C16H22BrN3O. The molecule has 1 aliphatic rings. The average Bonchev–Trinajstić information content (AvgIpc) is 3.12. The molecule has 4 nitrogen and oxygen atoms in total. The van der Waals surface area contributed by atoms with Gasteiger partial charge in [0.15, 0.2) is 0 Å². The fourth-order valence-corrected chi connectivity index (χ4v) is 2.79. The number of hydrogen-bond donors (Lipinski definition) is 0. The van der Waals surface area contributed by atoms with Crippen LogP contribution in [0.4, 0.5) is 0 Å². The van der Waals surface area contributed by atoms with Crippen LogP contribution in [0.15, 0.2) is 41.1 Å². The number of aromatic nitrogens is 3. The molecule has 2 unspecified atom stereocenters. The molecule has 0 radical (unpaired) electrons. The van der Waals surface area contributed by atoms with Crippen LogP contribution in [0.25, 0.3) is 0 Å². The number of ether oxygens (including phenoxy) is 1. The van der Waals surface area contributed by atoms with E-state index >= 15 is 0 Å². The Morgan fingerprint density at radius 1 is 1.38 bits per heavy atom. The van der Waals surface area contributed by atoms with Crippen molar-refractivity contribution in [2.45, 2.75) is 38.2 Å². The third-order valence-electron chi connectivity index (χ3n) is 3.56. The van der Waals surface area contributed by atoms with Crippen molar-refractivity contribution in [3.05, 3.63) is 47.0 Å². The number of halogens is 1. The summed E-state index contributed by atoms with van der Waals surface area (Å²) in [6.07, 6.45) is 5.65. The first kappa shape index (κ1) is 16.2. The van der Waals surface area contributed by atoms with Crippen LogP contribution in [0.2, 0.25) is 0 Å². The van der Waals surface area contributed by atoms with Gasteiger partial charge in [0.25, 0.3) is 0 Å². The molecule has 1 aromatic carbocycles. The van der Waals surface area contributed by atoms with Gasteiger partial charge in [0.2, 0.25) is 0 Å². The molecule has 3 rings (SSSR count). The van der Waals surface area contributed by atoms with Crippen LogP contribution in [0.5, 0.6) is 0 Å². The molecule has 2 aromatic rings. The van der Waals surface area contributed by atoms with Crippen molar-refractivity contribution in [2.24, 2.45) is 7.05 Å². The normalized spacial score (nSPS) is 18.9. The van der Waals surface area contributed by atoms with E-state index in [9.17, 15) is 0 Å². The highest BCUT2D eigenvalue weighted by Gasteiger charge is 2.21.